The molecule has 114 valence electrons. The van der Waals surface area contributed by atoms with Crippen LogP contribution in [0.3, 0.4) is 0 Å². The second kappa shape index (κ2) is 7.36. The zero-order valence-electron chi connectivity index (χ0n) is 13.2. The summed E-state index contributed by atoms with van der Waals surface area (Å²) in [6.45, 7) is 9.62. The van der Waals surface area contributed by atoms with Crippen LogP contribution in [0, 0.1) is 0 Å². The number of allylic oxidation sites excluding steroid dienone is 1. The maximum absolute atomic E-state index is 12.3. The van der Waals surface area contributed by atoms with Crippen molar-refractivity contribution in [3.63, 3.8) is 0 Å². The van der Waals surface area contributed by atoms with Crippen molar-refractivity contribution in [1.29, 1.82) is 0 Å². The van der Waals surface area contributed by atoms with Crippen LogP contribution >= 0.6 is 0 Å². The molecule has 0 N–H and O–H groups in total. The first kappa shape index (κ1) is 15.7. The van der Waals surface area contributed by atoms with Crippen molar-refractivity contribution >= 4 is 5.91 Å². The minimum Gasteiger partial charge on any atom is -0.336 e. The fourth-order valence-electron chi connectivity index (χ4n) is 2.79. The van der Waals surface area contributed by atoms with Gasteiger partial charge >= 0.3 is 0 Å². The van der Waals surface area contributed by atoms with Gasteiger partial charge in [-0.05, 0) is 31.9 Å². The molecule has 1 aliphatic rings. The second-order valence-corrected chi connectivity index (χ2v) is 5.59. The molecule has 0 aromatic carbocycles. The van der Waals surface area contributed by atoms with Crippen LogP contribution in [-0.4, -0.2) is 46.9 Å². The van der Waals surface area contributed by atoms with Crippen LogP contribution in [0.4, 0.5) is 0 Å². The lowest BCUT2D eigenvalue weighted by atomic mass is 10.1. The van der Waals surface area contributed by atoms with E-state index in [1.54, 1.807) is 6.20 Å². The van der Waals surface area contributed by atoms with E-state index in [1.807, 2.05) is 30.2 Å². The summed E-state index contributed by atoms with van der Waals surface area (Å²) < 4.78 is 0. The van der Waals surface area contributed by atoms with E-state index in [2.05, 4.69) is 29.8 Å². The molecule has 4 nitrogen and oxygen atoms in total. The van der Waals surface area contributed by atoms with Gasteiger partial charge in [0.05, 0.1) is 0 Å². The van der Waals surface area contributed by atoms with Crippen LogP contribution < -0.4 is 0 Å². The van der Waals surface area contributed by atoms with Crippen LogP contribution in [0.15, 0.2) is 36.2 Å². The number of hydrogen-bond donors (Lipinski definition) is 0. The minimum absolute atomic E-state index is 0.186. The van der Waals surface area contributed by atoms with Crippen molar-refractivity contribution < 1.29 is 4.79 Å². The summed E-state index contributed by atoms with van der Waals surface area (Å²) >= 11 is 0. The van der Waals surface area contributed by atoms with E-state index in [0.29, 0.717) is 6.04 Å². The number of carbonyl (C=O) groups excluding carboxylic acids is 1. The van der Waals surface area contributed by atoms with Crippen molar-refractivity contribution in [2.75, 3.05) is 26.2 Å². The number of carbonyl (C=O) groups is 1. The highest BCUT2D eigenvalue weighted by molar-refractivity contribution is 5.92. The Kier molecular flexibility index (Phi) is 5.51. The van der Waals surface area contributed by atoms with Gasteiger partial charge in [0.1, 0.15) is 0 Å². The fraction of sp³-hybridized carbons (Fsp3) is 0.529. The molecule has 1 aromatic heterocycles. The fourth-order valence-corrected chi connectivity index (χ4v) is 2.79. The van der Waals surface area contributed by atoms with E-state index in [-0.39, 0.29) is 5.91 Å². The van der Waals surface area contributed by atoms with Gasteiger partial charge in [0.2, 0.25) is 5.91 Å². The molecule has 1 saturated heterocycles. The molecule has 1 amide bonds. The molecular weight excluding hydrogens is 262 g/mol. The van der Waals surface area contributed by atoms with Gasteiger partial charge in [0.15, 0.2) is 0 Å². The van der Waals surface area contributed by atoms with Gasteiger partial charge in [-0.25, -0.2) is 0 Å². The standard InChI is InChI=1S/C17H25N3O/c1-4-6-14(2)17(21)20-11-9-19(10-12-20)15(3)16-7-5-8-18-13-16/h5-8,13,15H,4,9-12H2,1-3H3/b14-6-. The van der Waals surface area contributed by atoms with Gasteiger partial charge in [-0.2, -0.15) is 0 Å². The molecule has 0 aliphatic carbocycles. The van der Waals surface area contributed by atoms with Gasteiger partial charge in [-0.1, -0.05) is 19.1 Å². The summed E-state index contributed by atoms with van der Waals surface area (Å²) in [5.74, 6) is 0.186. The maximum atomic E-state index is 12.3. The smallest absolute Gasteiger partial charge is 0.249 e. The van der Waals surface area contributed by atoms with Crippen LogP contribution in [-0.2, 0) is 4.79 Å². The van der Waals surface area contributed by atoms with Gasteiger partial charge < -0.3 is 4.90 Å². The predicted molar refractivity (Wildman–Crippen MR) is 84.9 cm³/mol. The average molecular weight is 287 g/mol. The first-order valence-corrected chi connectivity index (χ1v) is 7.73. The molecule has 1 fully saturated rings. The topological polar surface area (TPSA) is 36.4 Å². The summed E-state index contributed by atoms with van der Waals surface area (Å²) in [5, 5.41) is 0. The molecule has 1 aliphatic heterocycles. The Bertz CT molecular complexity index is 490. The number of aromatic nitrogens is 1. The lowest BCUT2D eigenvalue weighted by Gasteiger charge is -2.38. The zero-order chi connectivity index (χ0) is 15.2. The minimum atomic E-state index is 0.186. The number of nitrogens with zero attached hydrogens (tertiary/aromatic N) is 3. The van der Waals surface area contributed by atoms with E-state index in [9.17, 15) is 4.79 Å². The number of piperazine rings is 1. The molecule has 1 aromatic rings. The third kappa shape index (κ3) is 3.91. The second-order valence-electron chi connectivity index (χ2n) is 5.59. The molecule has 0 radical (unpaired) electrons. The van der Waals surface area contributed by atoms with Crippen molar-refractivity contribution in [3.05, 3.63) is 41.7 Å². The van der Waals surface area contributed by atoms with Gasteiger partial charge in [-0.15, -0.1) is 0 Å². The highest BCUT2D eigenvalue weighted by Gasteiger charge is 2.25. The van der Waals surface area contributed by atoms with E-state index in [4.69, 9.17) is 0 Å². The van der Waals surface area contributed by atoms with E-state index in [1.165, 1.54) is 5.56 Å². The lowest BCUT2D eigenvalue weighted by Crippen LogP contribution is -2.49. The van der Waals surface area contributed by atoms with E-state index in [0.717, 1.165) is 38.2 Å². The Balaban J connectivity index is 1.91. The van der Waals surface area contributed by atoms with Crippen molar-refractivity contribution in [1.82, 2.24) is 14.8 Å². The molecule has 1 atom stereocenters. The molecule has 1 unspecified atom stereocenters. The Morgan fingerprint density at radius 2 is 2.10 bits per heavy atom. The quantitative estimate of drug-likeness (QED) is 0.799. The van der Waals surface area contributed by atoms with Crippen molar-refractivity contribution in [3.8, 4) is 0 Å². The molecule has 0 spiro atoms. The highest BCUT2D eigenvalue weighted by Crippen LogP contribution is 2.21. The van der Waals surface area contributed by atoms with Gasteiger partial charge in [-0.3, -0.25) is 14.7 Å². The predicted octanol–water partition coefficient (Wildman–Crippen LogP) is 2.64. The summed E-state index contributed by atoms with van der Waals surface area (Å²) in [6.07, 6.45) is 6.65. The number of amides is 1. The molecule has 21 heavy (non-hydrogen) atoms. The number of hydrogen-bond acceptors (Lipinski definition) is 3. The van der Waals surface area contributed by atoms with E-state index < -0.39 is 0 Å². The van der Waals surface area contributed by atoms with E-state index >= 15 is 0 Å². The van der Waals surface area contributed by atoms with Gasteiger partial charge in [0, 0.05) is 50.2 Å². The number of rotatable bonds is 4. The van der Waals surface area contributed by atoms with Gasteiger partial charge in [0.25, 0.3) is 0 Å². The monoisotopic (exact) mass is 287 g/mol. The molecule has 2 heterocycles. The van der Waals surface area contributed by atoms with Crippen LogP contribution in [0.5, 0.6) is 0 Å². The van der Waals surface area contributed by atoms with Crippen LogP contribution in [0.25, 0.3) is 0 Å². The number of pyridine rings is 1. The van der Waals surface area contributed by atoms with Crippen LogP contribution in [0.1, 0.15) is 38.8 Å². The molecule has 0 bridgehead atoms. The third-order valence-electron chi connectivity index (χ3n) is 4.16. The Morgan fingerprint density at radius 3 is 2.67 bits per heavy atom. The Labute approximate surface area is 127 Å². The van der Waals surface area contributed by atoms with Crippen molar-refractivity contribution in [2.24, 2.45) is 0 Å². The average Bonchev–Trinajstić information content (AvgIpc) is 2.54. The SMILES string of the molecule is CC/C=C(/C)C(=O)N1CCN(C(C)c2cccnc2)CC1. The normalized spacial score (nSPS) is 18.6. The first-order chi connectivity index (χ1) is 10.1. The highest BCUT2D eigenvalue weighted by atomic mass is 16.2. The zero-order valence-corrected chi connectivity index (χ0v) is 13.2. The summed E-state index contributed by atoms with van der Waals surface area (Å²) in [7, 11) is 0. The molecule has 4 heteroatoms. The maximum Gasteiger partial charge on any atom is 0.249 e. The summed E-state index contributed by atoms with van der Waals surface area (Å²) in [4.78, 5) is 20.8. The van der Waals surface area contributed by atoms with Crippen molar-refractivity contribution in [2.45, 2.75) is 33.2 Å². The van der Waals surface area contributed by atoms with Crippen LogP contribution in [0.2, 0.25) is 0 Å². The Morgan fingerprint density at radius 1 is 1.38 bits per heavy atom. The summed E-state index contributed by atoms with van der Waals surface area (Å²) in [5.41, 5.74) is 2.10. The first-order valence-electron chi connectivity index (χ1n) is 7.73. The molecule has 0 saturated carbocycles. The molecular formula is C17H25N3O. The molecule has 2 rings (SSSR count). The largest absolute Gasteiger partial charge is 0.336 e. The Hall–Kier alpha value is -1.68. The lowest BCUT2D eigenvalue weighted by molar-refractivity contribution is -0.129. The third-order valence-corrected chi connectivity index (χ3v) is 4.16. The summed E-state index contributed by atoms with van der Waals surface area (Å²) in [6, 6.07) is 4.44.